The summed E-state index contributed by atoms with van der Waals surface area (Å²) in [5.41, 5.74) is 0.298. The fraction of sp³-hybridized carbons (Fsp3) is 0.538. The molecule has 0 aliphatic carbocycles. The van der Waals surface area contributed by atoms with E-state index in [1.165, 1.54) is 12.1 Å². The van der Waals surface area contributed by atoms with Gasteiger partial charge in [0.2, 0.25) is 0 Å². The Morgan fingerprint density at radius 3 is 2.26 bits per heavy atom. The number of benzene rings is 1. The first-order valence-electron chi connectivity index (χ1n) is 6.05. The summed E-state index contributed by atoms with van der Waals surface area (Å²) in [7, 11) is 0. The fourth-order valence-corrected chi connectivity index (χ4v) is 2.20. The van der Waals surface area contributed by atoms with Crippen LogP contribution in [0.25, 0.3) is 0 Å². The zero-order valence-electron chi connectivity index (χ0n) is 10.1. The molecule has 0 spiro atoms. The summed E-state index contributed by atoms with van der Waals surface area (Å²) in [6.07, 6.45) is -8.68. The number of hydrogen-bond acceptors (Lipinski definition) is 5. The van der Waals surface area contributed by atoms with E-state index in [1.807, 2.05) is 0 Å². The molecule has 1 aromatic rings. The predicted molar refractivity (Wildman–Crippen MR) is 64.1 cm³/mol. The first kappa shape index (κ1) is 14.4. The maximum absolute atomic E-state index is 14.3. The minimum absolute atomic E-state index is 0.298. The highest BCUT2D eigenvalue weighted by Crippen LogP contribution is 2.32. The molecule has 1 saturated heterocycles. The van der Waals surface area contributed by atoms with Crippen molar-refractivity contribution < 1.29 is 29.6 Å². The van der Waals surface area contributed by atoms with Gasteiger partial charge < -0.3 is 25.2 Å². The van der Waals surface area contributed by atoms with Crippen LogP contribution in [0.3, 0.4) is 0 Å². The lowest BCUT2D eigenvalue weighted by Crippen LogP contribution is -2.59. The molecule has 6 heteroatoms. The van der Waals surface area contributed by atoms with Gasteiger partial charge in [-0.2, -0.15) is 0 Å². The van der Waals surface area contributed by atoms with Crippen molar-refractivity contribution in [2.75, 3.05) is 6.61 Å². The van der Waals surface area contributed by atoms with Crippen LogP contribution in [0.2, 0.25) is 0 Å². The molecular weight excluding hydrogens is 255 g/mol. The average molecular weight is 272 g/mol. The van der Waals surface area contributed by atoms with Gasteiger partial charge in [0, 0.05) is 0 Å². The Morgan fingerprint density at radius 1 is 1.05 bits per heavy atom. The lowest BCUT2D eigenvalue weighted by atomic mass is 9.90. The van der Waals surface area contributed by atoms with Gasteiger partial charge in [-0.05, 0) is 5.56 Å². The second kappa shape index (κ2) is 5.94. The van der Waals surface area contributed by atoms with Crippen LogP contribution in [0.15, 0.2) is 30.3 Å². The number of aliphatic hydroxyl groups is 4. The summed E-state index contributed by atoms with van der Waals surface area (Å²) < 4.78 is 19.5. The van der Waals surface area contributed by atoms with Crippen LogP contribution in [-0.4, -0.2) is 57.6 Å². The van der Waals surface area contributed by atoms with E-state index >= 15 is 0 Å². The first-order chi connectivity index (χ1) is 9.06. The third-order valence-corrected chi connectivity index (χ3v) is 3.34. The van der Waals surface area contributed by atoms with Crippen LogP contribution in [0, 0.1) is 0 Å². The second-order valence-corrected chi connectivity index (χ2v) is 4.61. The molecule has 1 heterocycles. The van der Waals surface area contributed by atoms with Gasteiger partial charge in [-0.3, -0.25) is 0 Å². The molecule has 1 aliphatic rings. The minimum atomic E-state index is -1.66. The van der Waals surface area contributed by atoms with Crippen molar-refractivity contribution in [2.24, 2.45) is 0 Å². The van der Waals surface area contributed by atoms with Gasteiger partial charge >= 0.3 is 0 Å². The SMILES string of the molecule is OC[C@H]1O[C@@H](C(F)c2ccccc2)[C@H](O)[C@@H](O)[C@@H]1O. The van der Waals surface area contributed by atoms with Crippen LogP contribution in [0.4, 0.5) is 4.39 Å². The molecule has 1 unspecified atom stereocenters. The Labute approximate surface area is 109 Å². The van der Waals surface area contributed by atoms with Crippen molar-refractivity contribution in [2.45, 2.75) is 36.7 Å². The summed E-state index contributed by atoms with van der Waals surface area (Å²) in [4.78, 5) is 0. The molecule has 0 amide bonds. The summed E-state index contributed by atoms with van der Waals surface area (Å²) in [5, 5.41) is 38.0. The topological polar surface area (TPSA) is 90.2 Å². The molecule has 1 fully saturated rings. The average Bonchev–Trinajstić information content (AvgIpc) is 2.45. The molecule has 1 aliphatic heterocycles. The Kier molecular flexibility index (Phi) is 4.49. The van der Waals surface area contributed by atoms with Crippen LogP contribution >= 0.6 is 0 Å². The van der Waals surface area contributed by atoms with E-state index in [1.54, 1.807) is 18.2 Å². The van der Waals surface area contributed by atoms with E-state index in [9.17, 15) is 19.7 Å². The highest BCUT2D eigenvalue weighted by atomic mass is 19.1. The van der Waals surface area contributed by atoms with Gasteiger partial charge in [0.05, 0.1) is 6.61 Å². The van der Waals surface area contributed by atoms with Gasteiger partial charge in [0.1, 0.15) is 30.5 Å². The number of hydrogen-bond donors (Lipinski definition) is 4. The zero-order chi connectivity index (χ0) is 14.0. The molecule has 5 nitrogen and oxygen atoms in total. The number of ether oxygens (including phenoxy) is 1. The van der Waals surface area contributed by atoms with Crippen molar-refractivity contribution in [1.82, 2.24) is 0 Å². The second-order valence-electron chi connectivity index (χ2n) is 4.61. The molecule has 4 N–H and O–H groups in total. The Hall–Kier alpha value is -1.05. The Morgan fingerprint density at radius 2 is 1.68 bits per heavy atom. The molecule has 106 valence electrons. The molecule has 0 aromatic heterocycles. The summed E-state index contributed by atoms with van der Waals surface area (Å²) >= 11 is 0. The zero-order valence-corrected chi connectivity index (χ0v) is 10.1. The van der Waals surface area contributed by atoms with Crippen molar-refractivity contribution in [3.05, 3.63) is 35.9 Å². The highest BCUT2D eigenvalue weighted by molar-refractivity contribution is 5.19. The van der Waals surface area contributed by atoms with Crippen LogP contribution in [-0.2, 0) is 4.74 Å². The lowest BCUT2D eigenvalue weighted by Gasteiger charge is -2.41. The quantitative estimate of drug-likeness (QED) is 0.598. The van der Waals surface area contributed by atoms with E-state index in [4.69, 9.17) is 9.84 Å². The maximum atomic E-state index is 14.3. The highest BCUT2D eigenvalue weighted by Gasteiger charge is 2.46. The van der Waals surface area contributed by atoms with Crippen molar-refractivity contribution in [3.63, 3.8) is 0 Å². The van der Waals surface area contributed by atoms with E-state index < -0.39 is 43.3 Å². The van der Waals surface area contributed by atoms with Crippen molar-refractivity contribution in [1.29, 1.82) is 0 Å². The molecule has 6 atom stereocenters. The van der Waals surface area contributed by atoms with E-state index in [2.05, 4.69) is 0 Å². The van der Waals surface area contributed by atoms with Gasteiger partial charge in [-0.15, -0.1) is 0 Å². The molecular formula is C13H17FO5. The molecule has 2 rings (SSSR count). The van der Waals surface area contributed by atoms with Crippen LogP contribution in [0.5, 0.6) is 0 Å². The number of halogens is 1. The predicted octanol–water partition coefficient (Wildman–Crippen LogP) is -0.460. The molecule has 0 bridgehead atoms. The largest absolute Gasteiger partial charge is 0.394 e. The van der Waals surface area contributed by atoms with E-state index in [0.29, 0.717) is 5.56 Å². The van der Waals surface area contributed by atoms with Crippen LogP contribution in [0.1, 0.15) is 11.7 Å². The Bertz CT molecular complexity index is 399. The molecule has 1 aromatic carbocycles. The molecule has 19 heavy (non-hydrogen) atoms. The van der Waals surface area contributed by atoms with Gasteiger partial charge in [-0.1, -0.05) is 30.3 Å². The standard InChI is InChI=1S/C13H17FO5/c14-9(7-4-2-1-3-5-7)13-12(18)11(17)10(16)8(6-15)19-13/h1-5,8-13,15-18H,6H2/t8-,9?,10-,11+,12-,13+/m1/s1. The monoisotopic (exact) mass is 272 g/mol. The fourth-order valence-electron chi connectivity index (χ4n) is 2.20. The maximum Gasteiger partial charge on any atom is 0.154 e. The number of rotatable bonds is 3. The summed E-state index contributed by atoms with van der Waals surface area (Å²) in [6, 6.07) is 8.08. The Balaban J connectivity index is 2.19. The van der Waals surface area contributed by atoms with Crippen molar-refractivity contribution in [3.8, 4) is 0 Å². The molecule has 0 radical (unpaired) electrons. The van der Waals surface area contributed by atoms with E-state index in [0.717, 1.165) is 0 Å². The van der Waals surface area contributed by atoms with Crippen LogP contribution < -0.4 is 0 Å². The summed E-state index contributed by atoms with van der Waals surface area (Å²) in [5.74, 6) is 0. The summed E-state index contributed by atoms with van der Waals surface area (Å²) in [6.45, 7) is -0.567. The normalized spacial score (nSPS) is 37.0. The van der Waals surface area contributed by atoms with Gasteiger partial charge in [0.15, 0.2) is 6.17 Å². The van der Waals surface area contributed by atoms with E-state index in [-0.39, 0.29) is 0 Å². The lowest BCUT2D eigenvalue weighted by molar-refractivity contribution is -0.243. The number of alkyl halides is 1. The molecule has 0 saturated carbocycles. The first-order valence-corrected chi connectivity index (χ1v) is 6.05. The number of aliphatic hydroxyl groups excluding tert-OH is 4. The van der Waals surface area contributed by atoms with Gasteiger partial charge in [-0.25, -0.2) is 4.39 Å². The smallest absolute Gasteiger partial charge is 0.154 e. The third kappa shape index (κ3) is 2.77. The van der Waals surface area contributed by atoms with Crippen molar-refractivity contribution >= 4 is 0 Å². The minimum Gasteiger partial charge on any atom is -0.394 e. The third-order valence-electron chi connectivity index (χ3n) is 3.34. The van der Waals surface area contributed by atoms with Gasteiger partial charge in [0.25, 0.3) is 0 Å².